The summed E-state index contributed by atoms with van der Waals surface area (Å²) in [5.74, 6) is -1.71. The van der Waals surface area contributed by atoms with Crippen LogP contribution in [0.4, 0.5) is 15.1 Å². The molecule has 0 bridgehead atoms. The Morgan fingerprint density at radius 3 is 2.25 bits per heavy atom. The van der Waals surface area contributed by atoms with Gasteiger partial charge in [0.1, 0.15) is 10.8 Å². The Morgan fingerprint density at radius 2 is 1.56 bits per heavy atom. The van der Waals surface area contributed by atoms with Gasteiger partial charge in [-0.05, 0) is 137 Å². The number of thiophene rings is 1. The summed E-state index contributed by atoms with van der Waals surface area (Å²) in [6.45, 7) is 5.05. The van der Waals surface area contributed by atoms with E-state index in [2.05, 4.69) is 34.1 Å². The fourth-order valence-electron chi connectivity index (χ4n) is 7.86. The lowest BCUT2D eigenvalue weighted by Crippen LogP contribution is -2.42. The molecule has 0 spiro atoms. The van der Waals surface area contributed by atoms with Crippen molar-refractivity contribution in [1.29, 1.82) is 0 Å². The lowest BCUT2D eigenvalue weighted by atomic mass is 9.84. The van der Waals surface area contributed by atoms with Gasteiger partial charge >= 0.3 is 11.9 Å². The third-order valence-corrected chi connectivity index (χ3v) is 12.1. The topological polar surface area (TPSA) is 114 Å². The number of amides is 2. The van der Waals surface area contributed by atoms with Crippen molar-refractivity contribution in [2.24, 2.45) is 5.92 Å². The summed E-state index contributed by atoms with van der Waals surface area (Å²) in [7, 11) is 2.71. The molecule has 3 aromatic carbocycles. The van der Waals surface area contributed by atoms with E-state index in [1.807, 2.05) is 42.5 Å². The molecule has 1 saturated carbocycles. The first-order chi connectivity index (χ1) is 26.5. The van der Waals surface area contributed by atoms with Crippen molar-refractivity contribution in [1.82, 2.24) is 4.90 Å². The second-order valence-corrected chi connectivity index (χ2v) is 15.9. The highest BCUT2D eigenvalue weighted by molar-refractivity contribution is 7.17. The van der Waals surface area contributed by atoms with E-state index in [4.69, 9.17) is 4.74 Å². The van der Waals surface area contributed by atoms with Crippen LogP contribution in [0.1, 0.15) is 111 Å². The third kappa shape index (κ3) is 9.69. The van der Waals surface area contributed by atoms with Crippen molar-refractivity contribution in [2.45, 2.75) is 96.7 Å². The zero-order chi connectivity index (χ0) is 39.1. The van der Waals surface area contributed by atoms with Crippen LogP contribution >= 0.6 is 11.3 Å². The number of fused-ring (bicyclic) bond motifs is 1. The zero-order valence-corrected chi connectivity index (χ0v) is 32.9. The van der Waals surface area contributed by atoms with E-state index in [0.717, 1.165) is 72.9 Å². The lowest BCUT2D eigenvalue weighted by Gasteiger charge is -2.39. The van der Waals surface area contributed by atoms with Gasteiger partial charge in [-0.1, -0.05) is 30.3 Å². The predicted octanol–water partition coefficient (Wildman–Crippen LogP) is 8.78. The van der Waals surface area contributed by atoms with Crippen molar-refractivity contribution < 1.29 is 33.0 Å². The van der Waals surface area contributed by atoms with Crippen LogP contribution < -0.4 is 10.6 Å². The van der Waals surface area contributed by atoms with Gasteiger partial charge in [0, 0.05) is 34.8 Å². The van der Waals surface area contributed by atoms with Crippen molar-refractivity contribution in [2.75, 3.05) is 24.9 Å². The number of nitrogens with one attached hydrogen (secondary N) is 2. The highest BCUT2D eigenvalue weighted by atomic mass is 32.1. The molecular formula is C44H50FN3O6S. The van der Waals surface area contributed by atoms with Crippen molar-refractivity contribution >= 4 is 45.8 Å². The number of esters is 2. The van der Waals surface area contributed by atoms with Crippen LogP contribution in [0.25, 0.3) is 0 Å². The maximum atomic E-state index is 14.6. The third-order valence-electron chi connectivity index (χ3n) is 10.9. The Bertz CT molecular complexity index is 2020. The summed E-state index contributed by atoms with van der Waals surface area (Å²) in [5.41, 5.74) is 5.36. The number of nitrogens with zero attached hydrogens (tertiary/aromatic N) is 1. The monoisotopic (exact) mass is 767 g/mol. The number of carbonyl (C=O) groups is 4. The Hall–Kier alpha value is -4.87. The zero-order valence-electron chi connectivity index (χ0n) is 32.0. The molecule has 55 heavy (non-hydrogen) atoms. The number of anilines is 2. The molecule has 4 aromatic rings. The largest absolute Gasteiger partial charge is 0.469 e. The van der Waals surface area contributed by atoms with E-state index in [-0.39, 0.29) is 35.3 Å². The number of carbonyl (C=O) groups excluding carboxylic acids is 4. The molecule has 0 aliphatic heterocycles. The van der Waals surface area contributed by atoms with Gasteiger partial charge in [-0.3, -0.25) is 19.3 Å². The van der Waals surface area contributed by atoms with Gasteiger partial charge in [0.2, 0.25) is 0 Å². The highest BCUT2D eigenvalue weighted by Crippen LogP contribution is 2.39. The summed E-state index contributed by atoms with van der Waals surface area (Å²) in [4.78, 5) is 55.1. The minimum Gasteiger partial charge on any atom is -0.469 e. The van der Waals surface area contributed by atoms with Crippen LogP contribution in [0.5, 0.6) is 0 Å². The first-order valence-electron chi connectivity index (χ1n) is 19.2. The molecule has 6 rings (SSSR count). The van der Waals surface area contributed by atoms with Gasteiger partial charge < -0.3 is 20.1 Å². The number of ether oxygens (including phenoxy) is 2. The summed E-state index contributed by atoms with van der Waals surface area (Å²) in [5, 5.41) is 6.71. The number of methoxy groups -OCH3 is 2. The molecule has 9 nitrogen and oxygen atoms in total. The Kier molecular flexibility index (Phi) is 13.2. The number of rotatable bonds is 13. The predicted molar refractivity (Wildman–Crippen MR) is 213 cm³/mol. The van der Waals surface area contributed by atoms with E-state index in [9.17, 15) is 23.6 Å². The van der Waals surface area contributed by atoms with Crippen LogP contribution in [0.2, 0.25) is 0 Å². The van der Waals surface area contributed by atoms with E-state index < -0.39 is 11.8 Å². The number of hydrogen-bond acceptors (Lipinski definition) is 8. The minimum atomic E-state index is -0.580. The maximum absolute atomic E-state index is 14.6. The highest BCUT2D eigenvalue weighted by Gasteiger charge is 2.31. The quantitative estimate of drug-likeness (QED) is 0.131. The van der Waals surface area contributed by atoms with Gasteiger partial charge in [0.25, 0.3) is 11.8 Å². The van der Waals surface area contributed by atoms with Crippen LogP contribution in [0.15, 0.2) is 66.7 Å². The van der Waals surface area contributed by atoms with Crippen LogP contribution in [0, 0.1) is 11.7 Å². The number of hydrogen-bond donors (Lipinski definition) is 2. The molecule has 0 saturated heterocycles. The number of aryl methyl sites for hydroxylation is 3. The van der Waals surface area contributed by atoms with Crippen LogP contribution in [-0.4, -0.2) is 55.0 Å². The smallest absolute Gasteiger partial charge is 0.337 e. The average molecular weight is 768 g/mol. The van der Waals surface area contributed by atoms with Crippen LogP contribution in [-0.2, 0) is 46.5 Å². The molecule has 1 aromatic heterocycles. The van der Waals surface area contributed by atoms with E-state index in [1.54, 1.807) is 18.2 Å². The first-order valence-corrected chi connectivity index (χ1v) is 20.0. The fraction of sp³-hybridized carbons (Fsp3) is 0.409. The SMILES string of the molecule is COC(=O)c1ccc(CCc2ccc(NC(=O)c3c(NC(=O)c4cccc(CN(C(C)C)[C@H]5CC[C@H](C(=O)OC)CC5)c4)sc4c3CCCC4)cc2)c(F)c1. The molecule has 0 radical (unpaired) electrons. The molecule has 11 heteroatoms. The van der Waals surface area contributed by atoms with Gasteiger partial charge in [0.05, 0.1) is 31.3 Å². The second kappa shape index (κ2) is 18.2. The Balaban J connectivity index is 1.11. The standard InChI is InChI=1S/C44H50FN3O6S/c1-27(2)48(35-22-18-31(19-23-35)43(51)53-3)26-29-8-7-9-32(24-29)40(49)47-42-39(36-10-5-6-11-38(36)55-42)41(50)46-34-20-13-28(14-21-34)12-15-30-16-17-33(25-37(30)45)44(52)54-4/h7-9,13-14,16-17,20-21,24-25,27,31,35H,5-6,10-12,15,18-19,22-23,26H2,1-4H3,(H,46,50)(H,47,49)/t31-,35-. The van der Waals surface area contributed by atoms with Gasteiger partial charge in [0.15, 0.2) is 0 Å². The van der Waals surface area contributed by atoms with E-state index in [0.29, 0.717) is 52.8 Å². The minimum absolute atomic E-state index is 0.0337. The Labute approximate surface area is 326 Å². The summed E-state index contributed by atoms with van der Waals surface area (Å²) >= 11 is 1.49. The van der Waals surface area contributed by atoms with Gasteiger partial charge in [-0.2, -0.15) is 0 Å². The summed E-state index contributed by atoms with van der Waals surface area (Å²) in [6.07, 6.45) is 8.18. The molecule has 290 valence electrons. The molecular weight excluding hydrogens is 718 g/mol. The molecule has 2 N–H and O–H groups in total. The molecule has 1 fully saturated rings. The second-order valence-electron chi connectivity index (χ2n) is 14.8. The molecule has 2 amide bonds. The molecule has 0 atom stereocenters. The fourth-order valence-corrected chi connectivity index (χ4v) is 9.14. The first kappa shape index (κ1) is 39.8. The summed E-state index contributed by atoms with van der Waals surface area (Å²) in [6, 6.07) is 20.2. The van der Waals surface area contributed by atoms with Gasteiger partial charge in [-0.25, -0.2) is 9.18 Å². The van der Waals surface area contributed by atoms with E-state index >= 15 is 0 Å². The Morgan fingerprint density at radius 1 is 0.818 bits per heavy atom. The lowest BCUT2D eigenvalue weighted by molar-refractivity contribution is -0.147. The number of halogens is 1. The van der Waals surface area contributed by atoms with Gasteiger partial charge in [-0.15, -0.1) is 11.3 Å². The number of benzene rings is 3. The van der Waals surface area contributed by atoms with Crippen molar-refractivity contribution in [3.8, 4) is 0 Å². The normalized spacial score (nSPS) is 16.7. The maximum Gasteiger partial charge on any atom is 0.337 e. The van der Waals surface area contributed by atoms with Crippen molar-refractivity contribution in [3.05, 3.63) is 116 Å². The summed E-state index contributed by atoms with van der Waals surface area (Å²) < 4.78 is 24.3. The molecule has 2 aliphatic carbocycles. The van der Waals surface area contributed by atoms with Crippen LogP contribution in [0.3, 0.4) is 0 Å². The molecule has 2 aliphatic rings. The average Bonchev–Trinajstić information content (AvgIpc) is 3.57. The van der Waals surface area contributed by atoms with Crippen molar-refractivity contribution in [3.63, 3.8) is 0 Å². The molecule has 1 heterocycles. The van der Waals surface area contributed by atoms with E-state index in [1.165, 1.54) is 31.6 Å². The molecule has 0 unspecified atom stereocenters.